The molecule has 0 amide bonds. The molecule has 1 heterocycles. The molecule has 0 aliphatic rings. The summed E-state index contributed by atoms with van der Waals surface area (Å²) in [6.07, 6.45) is 0. The zero-order valence-corrected chi connectivity index (χ0v) is 10.7. The minimum atomic E-state index is -0.454. The van der Waals surface area contributed by atoms with Gasteiger partial charge in [-0.2, -0.15) is 5.26 Å². The number of nitrogens with zero attached hydrogens (tertiary/aromatic N) is 1. The topological polar surface area (TPSA) is 84.3 Å². The number of pyridine rings is 1. The van der Waals surface area contributed by atoms with E-state index in [1.54, 1.807) is 6.07 Å². The van der Waals surface area contributed by atoms with E-state index >= 15 is 0 Å². The molecule has 1 N–H and O–H groups in total. The van der Waals surface area contributed by atoms with Gasteiger partial charge < -0.3 is 19.2 Å². The Morgan fingerprint density at radius 1 is 1.11 bits per heavy atom. The van der Waals surface area contributed by atoms with Crippen molar-refractivity contribution in [2.45, 2.75) is 0 Å². The number of methoxy groups -OCH3 is 3. The molecular formula is C13H12N2O4. The van der Waals surface area contributed by atoms with Gasteiger partial charge in [0.1, 0.15) is 11.6 Å². The number of H-pyrrole nitrogens is 1. The standard InChI is InChI=1S/C13H12N2O4/c1-17-10-5-9-8(11(18-2)12(10)19-3)4-7(6-14)13(16)15-9/h4-5H,1-3H3,(H,15,16). The molecule has 0 atom stereocenters. The number of nitriles is 1. The minimum Gasteiger partial charge on any atom is -0.493 e. The van der Waals surface area contributed by atoms with Gasteiger partial charge in [-0.15, -0.1) is 0 Å². The average Bonchev–Trinajstić information content (AvgIpc) is 2.44. The van der Waals surface area contributed by atoms with Crippen molar-refractivity contribution in [1.29, 1.82) is 5.26 Å². The summed E-state index contributed by atoms with van der Waals surface area (Å²) in [5.41, 5.74) is 0.0702. The summed E-state index contributed by atoms with van der Waals surface area (Å²) in [5, 5.41) is 9.48. The predicted octanol–water partition coefficient (Wildman–Crippen LogP) is 1.43. The molecule has 98 valence electrons. The average molecular weight is 260 g/mol. The van der Waals surface area contributed by atoms with E-state index in [9.17, 15) is 4.79 Å². The van der Waals surface area contributed by atoms with E-state index in [4.69, 9.17) is 19.5 Å². The van der Waals surface area contributed by atoms with E-state index in [-0.39, 0.29) is 5.56 Å². The summed E-state index contributed by atoms with van der Waals surface area (Å²) >= 11 is 0. The Hall–Kier alpha value is -2.68. The number of fused-ring (bicyclic) bond motifs is 1. The molecule has 0 aliphatic carbocycles. The van der Waals surface area contributed by atoms with Crippen LogP contribution in [0.3, 0.4) is 0 Å². The highest BCUT2D eigenvalue weighted by Gasteiger charge is 2.17. The zero-order chi connectivity index (χ0) is 14.0. The smallest absolute Gasteiger partial charge is 0.266 e. The molecule has 6 nitrogen and oxygen atoms in total. The van der Waals surface area contributed by atoms with Gasteiger partial charge in [-0.25, -0.2) is 0 Å². The molecule has 2 rings (SSSR count). The van der Waals surface area contributed by atoms with Gasteiger partial charge in [0.25, 0.3) is 5.56 Å². The van der Waals surface area contributed by atoms with E-state index in [0.717, 1.165) is 0 Å². The first-order valence-electron chi connectivity index (χ1n) is 5.42. The van der Waals surface area contributed by atoms with E-state index in [2.05, 4.69) is 4.98 Å². The molecule has 19 heavy (non-hydrogen) atoms. The third kappa shape index (κ3) is 1.95. The minimum absolute atomic E-state index is 0.0121. The van der Waals surface area contributed by atoms with Crippen molar-refractivity contribution in [3.8, 4) is 23.3 Å². The monoisotopic (exact) mass is 260 g/mol. The van der Waals surface area contributed by atoms with Crippen LogP contribution in [-0.4, -0.2) is 26.3 Å². The number of benzene rings is 1. The molecule has 6 heteroatoms. The van der Waals surface area contributed by atoms with Crippen LogP contribution in [0.4, 0.5) is 0 Å². The third-order valence-corrected chi connectivity index (χ3v) is 2.77. The highest BCUT2D eigenvalue weighted by Crippen LogP contribution is 2.42. The van der Waals surface area contributed by atoms with Crippen LogP contribution >= 0.6 is 0 Å². The maximum atomic E-state index is 11.6. The fraction of sp³-hybridized carbons (Fsp3) is 0.231. The Bertz CT molecular complexity index is 728. The Labute approximate surface area is 109 Å². The van der Waals surface area contributed by atoms with E-state index in [1.165, 1.54) is 27.4 Å². The van der Waals surface area contributed by atoms with Gasteiger partial charge in [0.2, 0.25) is 5.75 Å². The number of hydrogen-bond donors (Lipinski definition) is 1. The molecular weight excluding hydrogens is 248 g/mol. The molecule has 0 unspecified atom stereocenters. The highest BCUT2D eigenvalue weighted by molar-refractivity contribution is 5.91. The van der Waals surface area contributed by atoms with Crippen LogP contribution in [-0.2, 0) is 0 Å². The lowest BCUT2D eigenvalue weighted by molar-refractivity contribution is 0.327. The van der Waals surface area contributed by atoms with Gasteiger partial charge in [0.15, 0.2) is 11.5 Å². The van der Waals surface area contributed by atoms with Crippen LogP contribution in [0.15, 0.2) is 16.9 Å². The predicted molar refractivity (Wildman–Crippen MR) is 68.9 cm³/mol. The highest BCUT2D eigenvalue weighted by atomic mass is 16.5. The SMILES string of the molecule is COc1cc2[nH]c(=O)c(C#N)cc2c(OC)c1OC. The zero-order valence-electron chi connectivity index (χ0n) is 10.7. The summed E-state index contributed by atoms with van der Waals surface area (Å²) in [4.78, 5) is 14.2. The molecule has 0 aliphatic heterocycles. The molecule has 0 fully saturated rings. The first-order valence-corrected chi connectivity index (χ1v) is 5.42. The first kappa shape index (κ1) is 12.8. The summed E-state index contributed by atoms with van der Waals surface area (Å²) in [6.45, 7) is 0. The molecule has 1 aromatic heterocycles. The van der Waals surface area contributed by atoms with Crippen LogP contribution in [0.2, 0.25) is 0 Å². The molecule has 0 spiro atoms. The molecule has 0 saturated carbocycles. The second kappa shape index (κ2) is 4.90. The van der Waals surface area contributed by atoms with Crippen LogP contribution in [0, 0.1) is 11.3 Å². The van der Waals surface area contributed by atoms with E-state index in [0.29, 0.717) is 28.2 Å². The Balaban J connectivity index is 2.94. The first-order chi connectivity index (χ1) is 9.15. The van der Waals surface area contributed by atoms with Gasteiger partial charge in [0, 0.05) is 11.5 Å². The molecule has 0 radical (unpaired) electrons. The van der Waals surface area contributed by atoms with Crippen molar-refractivity contribution in [2.75, 3.05) is 21.3 Å². The van der Waals surface area contributed by atoms with Gasteiger partial charge in [-0.3, -0.25) is 4.79 Å². The van der Waals surface area contributed by atoms with Gasteiger partial charge in [-0.05, 0) is 6.07 Å². The fourth-order valence-corrected chi connectivity index (χ4v) is 1.91. The van der Waals surface area contributed by atoms with Crippen molar-refractivity contribution in [1.82, 2.24) is 4.98 Å². The number of rotatable bonds is 3. The third-order valence-electron chi connectivity index (χ3n) is 2.77. The fourth-order valence-electron chi connectivity index (χ4n) is 1.91. The summed E-state index contributed by atoms with van der Waals surface area (Å²) < 4.78 is 15.7. The maximum Gasteiger partial charge on any atom is 0.266 e. The van der Waals surface area contributed by atoms with E-state index < -0.39 is 5.56 Å². The molecule has 2 aromatic rings. The van der Waals surface area contributed by atoms with Crippen molar-refractivity contribution in [2.24, 2.45) is 0 Å². The Morgan fingerprint density at radius 2 is 1.79 bits per heavy atom. The number of hydrogen-bond acceptors (Lipinski definition) is 5. The normalized spacial score (nSPS) is 10.0. The quantitative estimate of drug-likeness (QED) is 0.902. The molecule has 1 aromatic carbocycles. The van der Waals surface area contributed by atoms with Crippen LogP contribution in [0.25, 0.3) is 10.9 Å². The van der Waals surface area contributed by atoms with Crippen LogP contribution in [0.5, 0.6) is 17.2 Å². The van der Waals surface area contributed by atoms with Gasteiger partial charge >= 0.3 is 0 Å². The summed E-state index contributed by atoms with van der Waals surface area (Å²) in [7, 11) is 4.46. The number of aromatic nitrogens is 1. The van der Waals surface area contributed by atoms with Crippen molar-refractivity contribution in [3.05, 3.63) is 28.0 Å². The van der Waals surface area contributed by atoms with Crippen molar-refractivity contribution >= 4 is 10.9 Å². The Kier molecular flexibility index (Phi) is 3.29. The number of nitrogens with one attached hydrogen (secondary N) is 1. The molecule has 0 bridgehead atoms. The second-order valence-corrected chi connectivity index (χ2v) is 3.73. The second-order valence-electron chi connectivity index (χ2n) is 3.73. The lowest BCUT2D eigenvalue weighted by Crippen LogP contribution is -2.10. The number of aromatic amines is 1. The number of ether oxygens (including phenoxy) is 3. The van der Waals surface area contributed by atoms with Gasteiger partial charge in [0.05, 0.1) is 26.8 Å². The summed E-state index contributed by atoms with van der Waals surface area (Å²) in [5.74, 6) is 1.25. The van der Waals surface area contributed by atoms with E-state index in [1.807, 2.05) is 6.07 Å². The maximum absolute atomic E-state index is 11.6. The van der Waals surface area contributed by atoms with Crippen LogP contribution in [0.1, 0.15) is 5.56 Å². The lowest BCUT2D eigenvalue weighted by atomic mass is 10.1. The summed E-state index contributed by atoms with van der Waals surface area (Å²) in [6, 6.07) is 4.92. The van der Waals surface area contributed by atoms with Crippen LogP contribution < -0.4 is 19.8 Å². The molecule has 0 saturated heterocycles. The van der Waals surface area contributed by atoms with Crippen molar-refractivity contribution < 1.29 is 14.2 Å². The van der Waals surface area contributed by atoms with Crippen molar-refractivity contribution in [3.63, 3.8) is 0 Å². The van der Waals surface area contributed by atoms with Gasteiger partial charge in [-0.1, -0.05) is 0 Å². The Morgan fingerprint density at radius 3 is 2.32 bits per heavy atom. The largest absolute Gasteiger partial charge is 0.493 e. The lowest BCUT2D eigenvalue weighted by Gasteiger charge is -2.14.